The number of carbonyl (C=O) groups is 2. The topological polar surface area (TPSA) is 46.2 Å². The number of rotatable bonds is 8. The van der Waals surface area contributed by atoms with E-state index < -0.39 is 0 Å². The summed E-state index contributed by atoms with van der Waals surface area (Å²) in [6.45, 7) is 6.24. The summed E-state index contributed by atoms with van der Waals surface area (Å²) in [6.07, 6.45) is 4.99. The highest BCUT2D eigenvalue weighted by Gasteiger charge is 2.24. The lowest BCUT2D eigenvalue weighted by atomic mass is 9.95. The molecule has 1 aliphatic rings. The number of hydrogen-bond acceptors (Lipinski definition) is 2. The van der Waals surface area contributed by atoms with Gasteiger partial charge < -0.3 is 33.8 Å². The molecule has 1 unspecified atom stereocenters. The Bertz CT molecular complexity index is 832. The van der Waals surface area contributed by atoms with E-state index in [9.17, 15) is 9.59 Å². The zero-order chi connectivity index (χ0) is 20.7. The fourth-order valence-corrected chi connectivity index (χ4v) is 4.18. The smallest absolute Gasteiger partial charge is 0.227 e. The first-order valence-corrected chi connectivity index (χ1v) is 10.8. The Morgan fingerprint density at radius 1 is 0.967 bits per heavy atom. The molecule has 1 aliphatic heterocycles. The standard InChI is InChI=1S/C25H32N2O2.HI/c1-20(25(29)26-15-10-18-27(2)16-7-4-8-17-27)22-13-9-14-23(19-22)24(28)21-11-5-3-6-12-21;/h3,5-6,9,11-14,19-20H,4,7-8,10,15-18H2,1-2H3;1H. The number of benzene rings is 2. The lowest BCUT2D eigenvalue weighted by Crippen LogP contribution is -3.00. The molecule has 0 aliphatic carbocycles. The number of quaternary nitrogens is 1. The first kappa shape index (κ1) is 24.5. The van der Waals surface area contributed by atoms with Crippen molar-refractivity contribution in [3.63, 3.8) is 0 Å². The number of ketones is 1. The highest BCUT2D eigenvalue weighted by atomic mass is 127. The predicted molar refractivity (Wildman–Crippen MR) is 117 cm³/mol. The lowest BCUT2D eigenvalue weighted by molar-refractivity contribution is -0.914. The van der Waals surface area contributed by atoms with E-state index in [1.54, 1.807) is 0 Å². The van der Waals surface area contributed by atoms with Gasteiger partial charge in [0.1, 0.15) is 0 Å². The first-order valence-electron chi connectivity index (χ1n) is 10.8. The molecule has 3 rings (SSSR count). The number of piperidine rings is 1. The summed E-state index contributed by atoms with van der Waals surface area (Å²) >= 11 is 0. The van der Waals surface area contributed by atoms with E-state index in [1.165, 1.54) is 32.4 Å². The van der Waals surface area contributed by atoms with Crippen molar-refractivity contribution in [2.45, 2.75) is 38.5 Å². The molecule has 0 radical (unpaired) electrons. The molecule has 0 bridgehead atoms. The van der Waals surface area contributed by atoms with E-state index in [4.69, 9.17) is 0 Å². The Morgan fingerprint density at radius 3 is 2.33 bits per heavy atom. The molecule has 1 atom stereocenters. The number of amides is 1. The van der Waals surface area contributed by atoms with Gasteiger partial charge in [0.05, 0.1) is 32.6 Å². The van der Waals surface area contributed by atoms with Crippen molar-refractivity contribution >= 4 is 11.7 Å². The Morgan fingerprint density at radius 2 is 1.63 bits per heavy atom. The van der Waals surface area contributed by atoms with Crippen LogP contribution in [0, 0.1) is 0 Å². The Balaban J connectivity index is 0.00000320. The van der Waals surface area contributed by atoms with Gasteiger partial charge >= 0.3 is 0 Å². The number of hydrogen-bond donors (Lipinski definition) is 1. The second-order valence-corrected chi connectivity index (χ2v) is 8.54. The van der Waals surface area contributed by atoms with E-state index in [-0.39, 0.29) is 41.6 Å². The number of nitrogens with one attached hydrogen (secondary N) is 1. The zero-order valence-electron chi connectivity index (χ0n) is 18.1. The summed E-state index contributed by atoms with van der Waals surface area (Å²) in [4.78, 5) is 25.3. The lowest BCUT2D eigenvalue weighted by Gasteiger charge is -2.37. The van der Waals surface area contributed by atoms with Crippen molar-refractivity contribution in [2.75, 3.05) is 33.2 Å². The van der Waals surface area contributed by atoms with E-state index in [0.717, 1.165) is 23.0 Å². The van der Waals surface area contributed by atoms with Crippen LogP contribution in [0.1, 0.15) is 60.0 Å². The van der Waals surface area contributed by atoms with Crippen molar-refractivity contribution in [1.29, 1.82) is 0 Å². The van der Waals surface area contributed by atoms with Crippen LogP contribution < -0.4 is 29.3 Å². The normalized spacial score (nSPS) is 16.2. The monoisotopic (exact) mass is 520 g/mol. The largest absolute Gasteiger partial charge is 1.00 e. The van der Waals surface area contributed by atoms with Crippen molar-refractivity contribution in [3.8, 4) is 0 Å². The van der Waals surface area contributed by atoms with Gasteiger partial charge in [0.15, 0.2) is 5.78 Å². The van der Waals surface area contributed by atoms with Gasteiger partial charge in [-0.05, 0) is 37.8 Å². The van der Waals surface area contributed by atoms with Gasteiger partial charge in [-0.1, -0.05) is 48.5 Å². The minimum Gasteiger partial charge on any atom is -1.00 e. The Labute approximate surface area is 197 Å². The highest BCUT2D eigenvalue weighted by molar-refractivity contribution is 6.09. The fraction of sp³-hybridized carbons (Fsp3) is 0.440. The second kappa shape index (κ2) is 11.6. The summed E-state index contributed by atoms with van der Waals surface area (Å²) in [6, 6.07) is 16.7. The van der Waals surface area contributed by atoms with Crippen LogP contribution in [-0.2, 0) is 4.79 Å². The zero-order valence-corrected chi connectivity index (χ0v) is 20.2. The predicted octanol–water partition coefficient (Wildman–Crippen LogP) is 1.16. The van der Waals surface area contributed by atoms with Crippen LogP contribution in [0.15, 0.2) is 54.6 Å². The van der Waals surface area contributed by atoms with Gasteiger partial charge in [-0.2, -0.15) is 0 Å². The van der Waals surface area contributed by atoms with Gasteiger partial charge in [-0.25, -0.2) is 0 Å². The van der Waals surface area contributed by atoms with Crippen LogP contribution in [0.3, 0.4) is 0 Å². The third-order valence-corrected chi connectivity index (χ3v) is 6.15. The Hall–Kier alpha value is -1.73. The fourth-order valence-electron chi connectivity index (χ4n) is 4.18. The molecule has 1 fully saturated rings. The average molecular weight is 520 g/mol. The van der Waals surface area contributed by atoms with Crippen LogP contribution in [0.25, 0.3) is 0 Å². The summed E-state index contributed by atoms with van der Waals surface area (Å²) in [5.41, 5.74) is 2.16. The van der Waals surface area contributed by atoms with Crippen molar-refractivity contribution in [2.24, 2.45) is 0 Å². The van der Waals surface area contributed by atoms with E-state index >= 15 is 0 Å². The van der Waals surface area contributed by atoms with Gasteiger partial charge in [0.2, 0.25) is 5.91 Å². The summed E-state index contributed by atoms with van der Waals surface area (Å²) in [5, 5.41) is 3.08. The summed E-state index contributed by atoms with van der Waals surface area (Å²) in [5.74, 6) is -0.271. The molecule has 1 N–H and O–H groups in total. The molecular weight excluding hydrogens is 487 g/mol. The minimum atomic E-state index is -0.279. The molecule has 1 amide bonds. The maximum absolute atomic E-state index is 12.7. The van der Waals surface area contributed by atoms with E-state index in [2.05, 4.69) is 12.4 Å². The Kier molecular flexibility index (Phi) is 9.49. The number of nitrogens with zero attached hydrogens (tertiary/aromatic N) is 1. The molecule has 5 heteroatoms. The van der Waals surface area contributed by atoms with Gasteiger partial charge in [0, 0.05) is 24.1 Å². The average Bonchev–Trinajstić information content (AvgIpc) is 2.76. The van der Waals surface area contributed by atoms with Gasteiger partial charge in [0.25, 0.3) is 0 Å². The quantitative estimate of drug-likeness (QED) is 0.246. The van der Waals surface area contributed by atoms with Crippen LogP contribution >= 0.6 is 0 Å². The molecule has 1 saturated heterocycles. The molecule has 2 aromatic carbocycles. The van der Waals surface area contributed by atoms with Crippen LogP contribution in [0.2, 0.25) is 0 Å². The minimum absolute atomic E-state index is 0. The first-order chi connectivity index (χ1) is 14.0. The molecule has 30 heavy (non-hydrogen) atoms. The highest BCUT2D eigenvalue weighted by Crippen LogP contribution is 2.19. The summed E-state index contributed by atoms with van der Waals surface area (Å²) in [7, 11) is 2.33. The molecule has 0 spiro atoms. The molecule has 4 nitrogen and oxygen atoms in total. The molecule has 162 valence electrons. The second-order valence-electron chi connectivity index (χ2n) is 8.54. The number of likely N-dealkylation sites (tertiary alicyclic amines) is 1. The van der Waals surface area contributed by atoms with E-state index in [1.807, 2.05) is 61.5 Å². The third kappa shape index (κ3) is 6.64. The molecule has 2 aromatic rings. The third-order valence-electron chi connectivity index (χ3n) is 6.15. The maximum Gasteiger partial charge on any atom is 0.227 e. The van der Waals surface area contributed by atoms with Crippen molar-refractivity contribution < 1.29 is 38.0 Å². The molecule has 0 aromatic heterocycles. The van der Waals surface area contributed by atoms with Gasteiger partial charge in [-0.3, -0.25) is 9.59 Å². The summed E-state index contributed by atoms with van der Waals surface area (Å²) < 4.78 is 1.13. The number of halogens is 1. The van der Waals surface area contributed by atoms with E-state index in [0.29, 0.717) is 17.7 Å². The SMILES string of the molecule is CC(C(=O)NCCC[N+]1(C)CCCCC1)c1cccc(C(=O)c2ccccc2)c1.[I-]. The van der Waals surface area contributed by atoms with Crippen LogP contribution in [0.5, 0.6) is 0 Å². The molecular formula is C25H33IN2O2. The van der Waals surface area contributed by atoms with Gasteiger partial charge in [-0.15, -0.1) is 0 Å². The molecule has 1 heterocycles. The van der Waals surface area contributed by atoms with Crippen molar-refractivity contribution in [1.82, 2.24) is 5.32 Å². The number of carbonyl (C=O) groups excluding carboxylic acids is 2. The maximum atomic E-state index is 12.7. The molecule has 0 saturated carbocycles. The van der Waals surface area contributed by atoms with Crippen molar-refractivity contribution in [3.05, 3.63) is 71.3 Å². The van der Waals surface area contributed by atoms with Crippen LogP contribution in [0.4, 0.5) is 0 Å². The van der Waals surface area contributed by atoms with Crippen LogP contribution in [-0.4, -0.2) is 49.4 Å².